The summed E-state index contributed by atoms with van der Waals surface area (Å²) in [6.45, 7) is -0.476. The van der Waals surface area contributed by atoms with Crippen LogP contribution in [0.3, 0.4) is 0 Å². The molecule has 140 valence electrons. The number of carbonyl (C=O) groups is 2. The van der Waals surface area contributed by atoms with Gasteiger partial charge in [-0.05, 0) is 29.7 Å². The van der Waals surface area contributed by atoms with E-state index in [1.54, 1.807) is 17.4 Å². The zero-order valence-corrected chi connectivity index (χ0v) is 16.6. The summed E-state index contributed by atoms with van der Waals surface area (Å²) in [7, 11) is 1.80. The largest absolute Gasteiger partial charge is 0.454 e. The fourth-order valence-corrected chi connectivity index (χ4v) is 4.29. The Morgan fingerprint density at radius 2 is 1.89 bits per heavy atom. The van der Waals surface area contributed by atoms with Crippen molar-refractivity contribution in [3.05, 3.63) is 76.7 Å². The number of ether oxygens (including phenoxy) is 1. The van der Waals surface area contributed by atoms with E-state index in [-0.39, 0.29) is 5.57 Å². The summed E-state index contributed by atoms with van der Waals surface area (Å²) in [6, 6.07) is 19.2. The molecule has 0 fully saturated rings. The number of thioether (sulfide) groups is 2. The maximum Gasteiger partial charge on any atom is 0.331 e. The van der Waals surface area contributed by atoms with Crippen molar-refractivity contribution < 1.29 is 14.3 Å². The number of hydrogen-bond acceptors (Lipinski definition) is 7. The molecule has 0 unspecified atom stereocenters. The summed E-state index contributed by atoms with van der Waals surface area (Å²) in [5.41, 5.74) is 0.917. The van der Waals surface area contributed by atoms with Crippen LogP contribution in [0.15, 0.2) is 86.5 Å². The van der Waals surface area contributed by atoms with Crippen molar-refractivity contribution in [3.8, 4) is 6.07 Å². The number of Topliss-reactive ketones (excluding diaryl/α,β-unsaturated/α-hetero) is 1. The number of esters is 1. The van der Waals surface area contributed by atoms with E-state index in [9.17, 15) is 14.9 Å². The van der Waals surface area contributed by atoms with Crippen molar-refractivity contribution in [1.29, 1.82) is 5.26 Å². The van der Waals surface area contributed by atoms with E-state index >= 15 is 0 Å². The van der Waals surface area contributed by atoms with Gasteiger partial charge in [0, 0.05) is 22.9 Å². The molecular formula is C21H16N2O3S2. The zero-order valence-electron chi connectivity index (χ0n) is 15.0. The molecule has 0 amide bonds. The van der Waals surface area contributed by atoms with E-state index in [1.165, 1.54) is 29.6 Å². The highest BCUT2D eigenvalue weighted by atomic mass is 32.2. The number of para-hydroxylation sites is 1. The Hall–Kier alpha value is -2.95. The minimum atomic E-state index is -0.630. The summed E-state index contributed by atoms with van der Waals surface area (Å²) >= 11 is 2.72. The first-order valence-electron chi connectivity index (χ1n) is 8.33. The highest BCUT2D eigenvalue weighted by Crippen LogP contribution is 2.46. The molecule has 1 aliphatic heterocycles. The predicted molar refractivity (Wildman–Crippen MR) is 111 cm³/mol. The SMILES string of the molecule is CN1/C(=C(/C#N)C(=O)COC(=O)/C=C/Sc2ccccc2)Sc2ccccc21. The normalized spacial score (nSPS) is 14.5. The number of nitriles is 1. The van der Waals surface area contributed by atoms with Crippen LogP contribution in [-0.2, 0) is 14.3 Å². The molecule has 0 saturated carbocycles. The molecule has 1 aliphatic rings. The molecule has 0 saturated heterocycles. The van der Waals surface area contributed by atoms with Gasteiger partial charge in [-0.1, -0.05) is 53.9 Å². The van der Waals surface area contributed by atoms with Gasteiger partial charge < -0.3 is 9.64 Å². The third kappa shape index (κ3) is 4.66. The molecular weight excluding hydrogens is 392 g/mol. The van der Waals surface area contributed by atoms with Crippen LogP contribution in [-0.4, -0.2) is 25.4 Å². The van der Waals surface area contributed by atoms with Crippen LogP contribution in [0.1, 0.15) is 0 Å². The van der Waals surface area contributed by atoms with Gasteiger partial charge in [0.15, 0.2) is 6.61 Å². The van der Waals surface area contributed by atoms with E-state index in [0.29, 0.717) is 5.03 Å². The van der Waals surface area contributed by atoms with E-state index in [0.717, 1.165) is 15.5 Å². The number of hydrogen-bond donors (Lipinski definition) is 0. The standard InChI is InChI=1S/C21H16N2O3S2/c1-23-17-9-5-6-10-19(17)28-21(23)16(13-22)18(24)14-26-20(25)11-12-27-15-7-3-2-4-8-15/h2-12H,14H2,1H3/b12-11+,21-16+. The number of benzene rings is 2. The van der Waals surface area contributed by atoms with Crippen LogP contribution in [0, 0.1) is 11.3 Å². The minimum absolute atomic E-state index is 0.0147. The van der Waals surface area contributed by atoms with E-state index in [4.69, 9.17) is 4.74 Å². The molecule has 0 N–H and O–H groups in total. The fraction of sp³-hybridized carbons (Fsp3) is 0.0952. The second kappa shape index (κ2) is 9.31. The lowest BCUT2D eigenvalue weighted by molar-refractivity contribution is -0.141. The van der Waals surface area contributed by atoms with Gasteiger partial charge in [0.05, 0.1) is 5.69 Å². The van der Waals surface area contributed by atoms with Gasteiger partial charge in [-0.2, -0.15) is 5.26 Å². The molecule has 5 nitrogen and oxygen atoms in total. The van der Waals surface area contributed by atoms with Gasteiger partial charge >= 0.3 is 5.97 Å². The molecule has 2 aromatic rings. The van der Waals surface area contributed by atoms with Crippen LogP contribution in [0.2, 0.25) is 0 Å². The third-order valence-corrected chi connectivity index (χ3v) is 5.89. The molecule has 7 heteroatoms. The maximum atomic E-state index is 12.4. The van der Waals surface area contributed by atoms with Crippen molar-refractivity contribution in [2.45, 2.75) is 9.79 Å². The molecule has 0 spiro atoms. The highest BCUT2D eigenvalue weighted by molar-refractivity contribution is 8.03. The smallest absolute Gasteiger partial charge is 0.331 e. The minimum Gasteiger partial charge on any atom is -0.454 e. The van der Waals surface area contributed by atoms with Crippen LogP contribution in [0.5, 0.6) is 0 Å². The zero-order chi connectivity index (χ0) is 19.9. The average molecular weight is 409 g/mol. The summed E-state index contributed by atoms with van der Waals surface area (Å²) in [5, 5.41) is 11.6. The molecule has 1 heterocycles. The Morgan fingerprint density at radius 1 is 1.18 bits per heavy atom. The Labute approximate surface area is 171 Å². The summed E-state index contributed by atoms with van der Waals surface area (Å²) in [5.74, 6) is -1.16. The van der Waals surface area contributed by atoms with Gasteiger partial charge in [0.2, 0.25) is 5.78 Å². The lowest BCUT2D eigenvalue weighted by atomic mass is 10.2. The molecule has 0 bridgehead atoms. The van der Waals surface area contributed by atoms with Gasteiger partial charge in [-0.25, -0.2) is 4.79 Å². The predicted octanol–water partition coefficient (Wildman–Crippen LogP) is 4.38. The van der Waals surface area contributed by atoms with Crippen molar-refractivity contribution in [2.24, 2.45) is 0 Å². The first-order chi connectivity index (χ1) is 13.6. The lowest BCUT2D eigenvalue weighted by Gasteiger charge is -2.14. The topological polar surface area (TPSA) is 70.4 Å². The number of anilines is 1. The lowest BCUT2D eigenvalue weighted by Crippen LogP contribution is -2.19. The summed E-state index contributed by atoms with van der Waals surface area (Å²) in [4.78, 5) is 28.0. The van der Waals surface area contributed by atoms with Gasteiger partial charge in [0.1, 0.15) is 16.7 Å². The Balaban J connectivity index is 1.59. The second-order valence-electron chi connectivity index (χ2n) is 5.69. The van der Waals surface area contributed by atoms with Crippen molar-refractivity contribution >= 4 is 41.0 Å². The molecule has 2 aromatic carbocycles. The van der Waals surface area contributed by atoms with Gasteiger partial charge in [-0.3, -0.25) is 4.79 Å². The van der Waals surface area contributed by atoms with Crippen molar-refractivity contribution in [3.63, 3.8) is 0 Å². The van der Waals surface area contributed by atoms with E-state index in [1.807, 2.05) is 60.7 Å². The molecule has 0 radical (unpaired) electrons. The summed E-state index contributed by atoms with van der Waals surface area (Å²) in [6.07, 6.45) is 1.26. The number of nitrogens with zero attached hydrogens (tertiary/aromatic N) is 2. The quantitative estimate of drug-likeness (QED) is 0.304. The first-order valence-corrected chi connectivity index (χ1v) is 10.0. The molecule has 0 aromatic heterocycles. The third-order valence-electron chi connectivity index (χ3n) is 3.84. The molecule has 28 heavy (non-hydrogen) atoms. The van der Waals surface area contributed by atoms with Crippen LogP contribution in [0.25, 0.3) is 0 Å². The molecule has 3 rings (SSSR count). The van der Waals surface area contributed by atoms with E-state index in [2.05, 4.69) is 0 Å². The Kier molecular flexibility index (Phi) is 6.58. The van der Waals surface area contributed by atoms with Gasteiger partial charge in [-0.15, -0.1) is 0 Å². The fourth-order valence-electron chi connectivity index (χ4n) is 2.47. The average Bonchev–Trinajstić information content (AvgIpc) is 3.04. The van der Waals surface area contributed by atoms with Crippen molar-refractivity contribution in [1.82, 2.24) is 0 Å². The number of ketones is 1. The monoisotopic (exact) mass is 408 g/mol. The Morgan fingerprint density at radius 3 is 2.61 bits per heavy atom. The maximum absolute atomic E-state index is 12.4. The molecule has 0 aliphatic carbocycles. The van der Waals surface area contributed by atoms with Crippen LogP contribution < -0.4 is 4.90 Å². The number of fused-ring (bicyclic) bond motifs is 1. The van der Waals surface area contributed by atoms with E-state index < -0.39 is 18.4 Å². The Bertz CT molecular complexity index is 994. The number of carbonyl (C=O) groups excluding carboxylic acids is 2. The van der Waals surface area contributed by atoms with Crippen molar-refractivity contribution in [2.75, 3.05) is 18.6 Å². The highest BCUT2D eigenvalue weighted by Gasteiger charge is 2.28. The van der Waals surface area contributed by atoms with Crippen LogP contribution in [0.4, 0.5) is 5.69 Å². The second-order valence-corrected chi connectivity index (χ2v) is 7.70. The van der Waals surface area contributed by atoms with Crippen LogP contribution >= 0.6 is 23.5 Å². The molecule has 0 atom stereocenters. The van der Waals surface area contributed by atoms with Gasteiger partial charge in [0.25, 0.3) is 0 Å². The first kappa shape index (κ1) is 19.8. The number of rotatable bonds is 6. The summed E-state index contributed by atoms with van der Waals surface area (Å²) < 4.78 is 4.99.